The molecule has 1 fully saturated rings. The largest absolute Gasteiger partial charge is 0.478 e. The molecule has 1 aliphatic rings. The van der Waals surface area contributed by atoms with Crippen LogP contribution < -0.4 is 10.9 Å². The van der Waals surface area contributed by atoms with Crippen molar-refractivity contribution in [3.8, 4) is 0 Å². The number of aromatic carboxylic acids is 1. The van der Waals surface area contributed by atoms with Crippen molar-refractivity contribution >= 4 is 11.9 Å². The number of ether oxygens (including phenoxy) is 1. The fourth-order valence-electron chi connectivity index (χ4n) is 2.86. The molecule has 1 aromatic rings. The van der Waals surface area contributed by atoms with Gasteiger partial charge in [-0.3, -0.25) is 10.2 Å². The summed E-state index contributed by atoms with van der Waals surface area (Å²) in [5.74, 6) is -1.91. The first-order valence-electron chi connectivity index (χ1n) is 7.03. The molecule has 0 saturated carbocycles. The van der Waals surface area contributed by atoms with Crippen molar-refractivity contribution in [1.82, 2.24) is 10.9 Å². The Labute approximate surface area is 128 Å². The number of aliphatic hydroxyl groups is 1. The van der Waals surface area contributed by atoms with Gasteiger partial charge >= 0.3 is 11.9 Å². The number of esters is 1. The maximum atomic E-state index is 11.7. The van der Waals surface area contributed by atoms with Gasteiger partial charge in [-0.05, 0) is 24.6 Å². The van der Waals surface area contributed by atoms with Crippen molar-refractivity contribution in [3.05, 3.63) is 35.4 Å². The fourth-order valence-corrected chi connectivity index (χ4v) is 2.86. The summed E-state index contributed by atoms with van der Waals surface area (Å²) in [5.41, 5.74) is 6.66. The summed E-state index contributed by atoms with van der Waals surface area (Å²) in [7, 11) is 1.32. The molecule has 7 nitrogen and oxygen atoms in total. The Bertz CT molecular complexity index is 535. The molecule has 22 heavy (non-hydrogen) atoms. The van der Waals surface area contributed by atoms with Gasteiger partial charge in [0, 0.05) is 17.9 Å². The van der Waals surface area contributed by atoms with Crippen molar-refractivity contribution in [2.24, 2.45) is 5.92 Å². The highest BCUT2D eigenvalue weighted by molar-refractivity contribution is 5.87. The van der Waals surface area contributed by atoms with Crippen molar-refractivity contribution in [2.45, 2.75) is 31.5 Å². The number of carbonyl (C=O) groups excluding carboxylic acids is 1. The van der Waals surface area contributed by atoms with Crippen LogP contribution in [0.15, 0.2) is 24.3 Å². The van der Waals surface area contributed by atoms with E-state index in [0.717, 1.165) is 5.56 Å². The second-order valence-electron chi connectivity index (χ2n) is 5.41. The molecule has 4 N–H and O–H groups in total. The molecule has 4 unspecified atom stereocenters. The number of rotatable bonds is 5. The van der Waals surface area contributed by atoms with Crippen LogP contribution in [0.5, 0.6) is 0 Å². The van der Waals surface area contributed by atoms with Crippen LogP contribution in [0.2, 0.25) is 0 Å². The number of hydrogen-bond acceptors (Lipinski definition) is 6. The minimum atomic E-state index is -1.01. The van der Waals surface area contributed by atoms with Gasteiger partial charge in [0.1, 0.15) is 6.23 Å². The van der Waals surface area contributed by atoms with E-state index in [1.165, 1.54) is 19.2 Å². The molecular weight excluding hydrogens is 288 g/mol. The van der Waals surface area contributed by atoms with Gasteiger partial charge in [-0.25, -0.2) is 10.2 Å². The number of aliphatic hydroxyl groups excluding tert-OH is 1. The quantitative estimate of drug-likeness (QED) is 0.585. The summed E-state index contributed by atoms with van der Waals surface area (Å²) in [4.78, 5) is 22.6. The monoisotopic (exact) mass is 308 g/mol. The Morgan fingerprint density at radius 3 is 2.36 bits per heavy atom. The molecule has 1 aliphatic heterocycles. The summed E-state index contributed by atoms with van der Waals surface area (Å²) in [5, 5.41) is 19.1. The zero-order valence-corrected chi connectivity index (χ0v) is 12.4. The molecule has 0 aliphatic carbocycles. The van der Waals surface area contributed by atoms with Crippen molar-refractivity contribution < 1.29 is 24.5 Å². The third-order valence-corrected chi connectivity index (χ3v) is 4.07. The predicted molar refractivity (Wildman–Crippen MR) is 78.0 cm³/mol. The minimum Gasteiger partial charge on any atom is -0.478 e. The Morgan fingerprint density at radius 2 is 1.91 bits per heavy atom. The van der Waals surface area contributed by atoms with E-state index in [4.69, 9.17) is 9.84 Å². The highest BCUT2D eigenvalue weighted by atomic mass is 16.5. The lowest BCUT2D eigenvalue weighted by Crippen LogP contribution is -2.33. The minimum absolute atomic E-state index is 0.0520. The van der Waals surface area contributed by atoms with Crippen molar-refractivity contribution in [2.75, 3.05) is 7.11 Å². The van der Waals surface area contributed by atoms with Gasteiger partial charge in [0.25, 0.3) is 0 Å². The van der Waals surface area contributed by atoms with Crippen LogP contribution in [0.1, 0.15) is 35.2 Å². The number of hydrogen-bond donors (Lipinski definition) is 4. The topological polar surface area (TPSA) is 108 Å². The first-order valence-corrected chi connectivity index (χ1v) is 7.03. The smallest absolute Gasteiger partial charge is 0.335 e. The number of carbonyl (C=O) groups is 2. The van der Waals surface area contributed by atoms with E-state index in [0.29, 0.717) is 0 Å². The second-order valence-corrected chi connectivity index (χ2v) is 5.41. The zero-order chi connectivity index (χ0) is 16.3. The number of carboxylic acid groups (broad SMARTS) is 1. The number of methoxy groups -OCH3 is 1. The van der Waals surface area contributed by atoms with Crippen LogP contribution in [0, 0.1) is 5.92 Å². The van der Waals surface area contributed by atoms with Gasteiger partial charge in [-0.15, -0.1) is 0 Å². The first-order chi connectivity index (χ1) is 10.4. The molecule has 1 heterocycles. The first kappa shape index (κ1) is 16.4. The Balaban J connectivity index is 2.31. The van der Waals surface area contributed by atoms with Gasteiger partial charge in [-0.1, -0.05) is 12.1 Å². The third kappa shape index (κ3) is 3.44. The van der Waals surface area contributed by atoms with E-state index in [-0.39, 0.29) is 35.8 Å². The Hall–Kier alpha value is -1.96. The molecule has 0 spiro atoms. The molecule has 4 atom stereocenters. The highest BCUT2D eigenvalue weighted by Crippen LogP contribution is 2.34. The van der Waals surface area contributed by atoms with E-state index in [1.807, 2.05) is 6.92 Å². The van der Waals surface area contributed by atoms with Gasteiger partial charge in [0.05, 0.1) is 19.1 Å². The lowest BCUT2D eigenvalue weighted by Gasteiger charge is -2.27. The zero-order valence-electron chi connectivity index (χ0n) is 12.4. The van der Waals surface area contributed by atoms with Gasteiger partial charge in [-0.2, -0.15) is 0 Å². The number of hydrazine groups is 1. The second kappa shape index (κ2) is 6.87. The van der Waals surface area contributed by atoms with Crippen molar-refractivity contribution in [3.63, 3.8) is 0 Å². The van der Waals surface area contributed by atoms with Crippen molar-refractivity contribution in [1.29, 1.82) is 0 Å². The molecule has 7 heteroatoms. The maximum Gasteiger partial charge on any atom is 0.335 e. The van der Waals surface area contributed by atoms with E-state index in [9.17, 15) is 14.7 Å². The predicted octanol–water partition coefficient (Wildman–Crippen LogP) is 0.462. The number of nitrogens with one attached hydrogen (secondary N) is 2. The molecule has 0 bridgehead atoms. The van der Waals surface area contributed by atoms with Crippen LogP contribution in [0.3, 0.4) is 0 Å². The summed E-state index contributed by atoms with van der Waals surface area (Å²) >= 11 is 0. The Kier molecular flexibility index (Phi) is 5.12. The average molecular weight is 308 g/mol. The van der Waals surface area contributed by atoms with E-state index >= 15 is 0 Å². The van der Waals surface area contributed by atoms with Gasteiger partial charge < -0.3 is 14.9 Å². The molecule has 1 aromatic carbocycles. The highest BCUT2D eigenvalue weighted by Gasteiger charge is 2.39. The average Bonchev–Trinajstić information content (AvgIpc) is 2.84. The third-order valence-electron chi connectivity index (χ3n) is 4.07. The summed E-state index contributed by atoms with van der Waals surface area (Å²) in [6.45, 7) is 1.91. The lowest BCUT2D eigenvalue weighted by atomic mass is 9.79. The lowest BCUT2D eigenvalue weighted by molar-refractivity contribution is -0.141. The molecule has 0 radical (unpaired) electrons. The summed E-state index contributed by atoms with van der Waals surface area (Å²) < 4.78 is 4.74. The molecule has 0 aromatic heterocycles. The fraction of sp³-hybridized carbons (Fsp3) is 0.467. The van der Waals surface area contributed by atoms with E-state index < -0.39 is 12.2 Å². The number of benzene rings is 1. The van der Waals surface area contributed by atoms with E-state index in [2.05, 4.69) is 10.9 Å². The molecular formula is C15H20N2O5. The molecule has 0 amide bonds. The SMILES string of the molecule is COC(=O)CC(c1ccc(C(=O)O)cc1)C1C(C)NNC1O. The normalized spacial score (nSPS) is 25.7. The molecule has 2 rings (SSSR count). The van der Waals surface area contributed by atoms with E-state index in [1.54, 1.807) is 12.1 Å². The Morgan fingerprint density at radius 1 is 1.27 bits per heavy atom. The van der Waals surface area contributed by atoms with Gasteiger partial charge in [0.2, 0.25) is 0 Å². The number of carboxylic acids is 1. The molecule has 1 saturated heterocycles. The van der Waals surface area contributed by atoms with Crippen LogP contribution >= 0.6 is 0 Å². The van der Waals surface area contributed by atoms with Gasteiger partial charge in [0.15, 0.2) is 0 Å². The summed E-state index contributed by atoms with van der Waals surface area (Å²) in [6.07, 6.45) is -0.693. The molecule has 120 valence electrons. The maximum absolute atomic E-state index is 11.7. The van der Waals surface area contributed by atoms with Crippen LogP contribution in [0.25, 0.3) is 0 Å². The standard InChI is InChI=1S/C15H20N2O5/c1-8-13(14(19)17-16-8)11(7-12(18)22-2)9-3-5-10(6-4-9)15(20)21/h3-6,8,11,13-14,16-17,19H,7H2,1-2H3,(H,20,21). The van der Waals surface area contributed by atoms with Crippen LogP contribution in [0.4, 0.5) is 0 Å². The van der Waals surface area contributed by atoms with Crippen LogP contribution in [-0.2, 0) is 9.53 Å². The summed E-state index contributed by atoms with van der Waals surface area (Å²) in [6, 6.07) is 6.29. The van der Waals surface area contributed by atoms with Crippen LogP contribution in [-0.4, -0.2) is 41.5 Å².